The smallest absolute Gasteiger partial charge is 0.328 e. The van der Waals surface area contributed by atoms with Crippen LogP contribution in [0.3, 0.4) is 0 Å². The van der Waals surface area contributed by atoms with E-state index < -0.39 is 33.1 Å². The molecule has 0 atom stereocenters. The third-order valence-corrected chi connectivity index (χ3v) is 8.85. The first kappa shape index (κ1) is 24.3. The van der Waals surface area contributed by atoms with Gasteiger partial charge < -0.3 is 9.64 Å². The number of nitrogens with zero attached hydrogens (tertiary/aromatic N) is 1. The fourth-order valence-corrected chi connectivity index (χ4v) is 6.67. The number of amides is 1. The Bertz CT molecular complexity index is 1120. The molecule has 0 N–H and O–H groups in total. The van der Waals surface area contributed by atoms with E-state index in [0.717, 1.165) is 11.1 Å². The molecular weight excluding hydrogens is 450 g/mol. The predicted molar refractivity (Wildman–Crippen MR) is 123 cm³/mol. The highest BCUT2D eigenvalue weighted by Gasteiger charge is 2.54. The molecule has 1 aliphatic carbocycles. The fraction of sp³-hybridized carbons (Fsp3) is 0.417. The molecule has 172 valence electrons. The van der Waals surface area contributed by atoms with E-state index in [-0.39, 0.29) is 17.7 Å². The van der Waals surface area contributed by atoms with Crippen molar-refractivity contribution in [2.24, 2.45) is 0 Å². The van der Waals surface area contributed by atoms with Crippen molar-refractivity contribution in [2.75, 3.05) is 13.7 Å². The summed E-state index contributed by atoms with van der Waals surface area (Å²) in [5.74, 6) is -1.27. The van der Waals surface area contributed by atoms with Crippen molar-refractivity contribution in [1.29, 1.82) is 0 Å². The second kappa shape index (κ2) is 9.63. The minimum Gasteiger partial charge on any atom is -0.454 e. The first-order valence-corrected chi connectivity index (χ1v) is 12.4. The number of aryl methyl sites for hydroxylation is 2. The molecule has 2 aromatic rings. The van der Waals surface area contributed by atoms with Gasteiger partial charge in [0.2, 0.25) is 0 Å². The Morgan fingerprint density at radius 1 is 1.09 bits per heavy atom. The molecule has 1 aliphatic rings. The molecule has 8 heteroatoms. The Morgan fingerprint density at radius 3 is 2.44 bits per heavy atom. The lowest BCUT2D eigenvalue weighted by atomic mass is 10.1. The maximum absolute atomic E-state index is 13.6. The number of halogens is 1. The van der Waals surface area contributed by atoms with Gasteiger partial charge in [0.05, 0.1) is 4.90 Å². The van der Waals surface area contributed by atoms with E-state index in [1.165, 1.54) is 4.90 Å². The number of esters is 1. The summed E-state index contributed by atoms with van der Waals surface area (Å²) in [7, 11) is -2.40. The number of ether oxygens (including phenoxy) is 1. The van der Waals surface area contributed by atoms with Gasteiger partial charge in [-0.15, -0.1) is 0 Å². The quantitative estimate of drug-likeness (QED) is 0.557. The van der Waals surface area contributed by atoms with Crippen LogP contribution in [0.4, 0.5) is 0 Å². The summed E-state index contributed by atoms with van der Waals surface area (Å²) >= 11 is 5.98. The molecule has 1 amide bonds. The number of hydrogen-bond donors (Lipinski definition) is 0. The van der Waals surface area contributed by atoms with Gasteiger partial charge in [-0.05, 0) is 61.6 Å². The Morgan fingerprint density at radius 2 is 1.78 bits per heavy atom. The summed E-state index contributed by atoms with van der Waals surface area (Å²) in [6.07, 6.45) is 1.60. The molecular formula is C24H28ClNO5S. The zero-order valence-corrected chi connectivity index (χ0v) is 20.1. The van der Waals surface area contributed by atoms with Gasteiger partial charge in [0.15, 0.2) is 21.2 Å². The summed E-state index contributed by atoms with van der Waals surface area (Å²) in [6.45, 7) is 3.31. The molecule has 0 unspecified atom stereocenters. The van der Waals surface area contributed by atoms with Crippen LogP contribution < -0.4 is 0 Å². The van der Waals surface area contributed by atoms with Crippen molar-refractivity contribution >= 4 is 33.3 Å². The minimum atomic E-state index is -3.99. The Hall–Kier alpha value is -2.38. The molecule has 1 fully saturated rings. The van der Waals surface area contributed by atoms with E-state index in [1.807, 2.05) is 19.1 Å². The Labute approximate surface area is 194 Å². The number of carbonyl (C=O) groups is 2. The maximum Gasteiger partial charge on any atom is 0.328 e. The average Bonchev–Trinajstić information content (AvgIpc) is 3.25. The second-order valence-electron chi connectivity index (χ2n) is 8.43. The van der Waals surface area contributed by atoms with Crippen molar-refractivity contribution in [3.63, 3.8) is 0 Å². The lowest BCUT2D eigenvalue weighted by Gasteiger charge is -2.28. The Kier molecular flexibility index (Phi) is 7.30. The molecule has 1 saturated carbocycles. The van der Waals surface area contributed by atoms with Crippen LogP contribution >= 0.6 is 11.6 Å². The van der Waals surface area contributed by atoms with Crippen LogP contribution in [0.1, 0.15) is 42.4 Å². The van der Waals surface area contributed by atoms with E-state index >= 15 is 0 Å². The monoisotopic (exact) mass is 477 g/mol. The normalized spacial score (nSPS) is 15.4. The lowest BCUT2D eigenvalue weighted by molar-refractivity contribution is -0.153. The first-order valence-electron chi connectivity index (χ1n) is 10.5. The highest BCUT2D eigenvalue weighted by molar-refractivity contribution is 7.93. The van der Waals surface area contributed by atoms with Crippen LogP contribution in [0.15, 0.2) is 47.4 Å². The third-order valence-electron chi connectivity index (χ3n) is 5.99. The van der Waals surface area contributed by atoms with E-state index in [4.69, 9.17) is 16.3 Å². The molecule has 2 aromatic carbocycles. The summed E-state index contributed by atoms with van der Waals surface area (Å²) in [6, 6.07) is 12.3. The molecule has 6 nitrogen and oxygen atoms in total. The number of benzene rings is 2. The van der Waals surface area contributed by atoms with Crippen molar-refractivity contribution in [3.05, 3.63) is 64.2 Å². The van der Waals surface area contributed by atoms with Crippen LogP contribution in [0.25, 0.3) is 0 Å². The van der Waals surface area contributed by atoms with Gasteiger partial charge in [0.25, 0.3) is 5.91 Å². The first-order chi connectivity index (χ1) is 15.1. The standard InChI is InChI=1S/C24H28ClNO5S/c1-17-9-10-18(2)21(13-17)32(29,30)24(11-4-5-12-24)23(28)31-16-22(27)26(3)15-19-7-6-8-20(25)14-19/h6-10,13-14H,4-5,11-12,15-16H2,1-3H3. The topological polar surface area (TPSA) is 80.7 Å². The van der Waals surface area contributed by atoms with E-state index in [1.54, 1.807) is 44.3 Å². The van der Waals surface area contributed by atoms with Gasteiger partial charge in [-0.2, -0.15) is 0 Å². The highest BCUT2D eigenvalue weighted by atomic mass is 35.5. The number of carbonyl (C=O) groups excluding carboxylic acids is 2. The van der Waals surface area contributed by atoms with Crippen molar-refractivity contribution in [2.45, 2.75) is 55.7 Å². The molecule has 3 rings (SSSR count). The number of likely N-dealkylation sites (N-methyl/N-ethyl adjacent to an activating group) is 1. The fourth-order valence-electron chi connectivity index (χ4n) is 4.10. The summed E-state index contributed by atoms with van der Waals surface area (Å²) < 4.78 is 30.9. The molecule has 32 heavy (non-hydrogen) atoms. The van der Waals surface area contributed by atoms with Gasteiger partial charge in [-0.1, -0.05) is 48.7 Å². The maximum atomic E-state index is 13.6. The Balaban J connectivity index is 1.75. The molecule has 0 heterocycles. The van der Waals surface area contributed by atoms with Gasteiger partial charge in [0.1, 0.15) is 0 Å². The number of hydrogen-bond acceptors (Lipinski definition) is 5. The number of rotatable bonds is 7. The van der Waals surface area contributed by atoms with Crippen molar-refractivity contribution < 1.29 is 22.7 Å². The minimum absolute atomic E-state index is 0.153. The molecule has 0 saturated heterocycles. The zero-order chi connectivity index (χ0) is 23.5. The van der Waals surface area contributed by atoms with Gasteiger partial charge >= 0.3 is 5.97 Å². The van der Waals surface area contributed by atoms with E-state index in [2.05, 4.69) is 0 Å². The average molecular weight is 478 g/mol. The van der Waals surface area contributed by atoms with E-state index in [9.17, 15) is 18.0 Å². The molecule has 0 bridgehead atoms. The van der Waals surface area contributed by atoms with Crippen LogP contribution in [0.2, 0.25) is 5.02 Å². The van der Waals surface area contributed by atoms with E-state index in [0.29, 0.717) is 30.0 Å². The van der Waals surface area contributed by atoms with Crippen LogP contribution in [0.5, 0.6) is 0 Å². The van der Waals surface area contributed by atoms with Gasteiger partial charge in [-0.3, -0.25) is 9.59 Å². The lowest BCUT2D eigenvalue weighted by Crippen LogP contribution is -2.46. The largest absolute Gasteiger partial charge is 0.454 e. The molecule has 0 spiro atoms. The summed E-state index contributed by atoms with van der Waals surface area (Å²) in [5, 5.41) is 0.564. The van der Waals surface area contributed by atoms with Gasteiger partial charge in [0, 0.05) is 18.6 Å². The van der Waals surface area contributed by atoms with Crippen LogP contribution in [0, 0.1) is 13.8 Å². The third kappa shape index (κ3) is 4.84. The highest BCUT2D eigenvalue weighted by Crippen LogP contribution is 2.42. The van der Waals surface area contributed by atoms with Crippen molar-refractivity contribution in [1.82, 2.24) is 4.90 Å². The van der Waals surface area contributed by atoms with Crippen molar-refractivity contribution in [3.8, 4) is 0 Å². The molecule has 0 radical (unpaired) electrons. The zero-order valence-electron chi connectivity index (χ0n) is 18.6. The van der Waals surface area contributed by atoms with Crippen LogP contribution in [-0.2, 0) is 30.7 Å². The molecule has 0 aliphatic heterocycles. The summed E-state index contributed by atoms with van der Waals surface area (Å²) in [4.78, 5) is 27.2. The summed E-state index contributed by atoms with van der Waals surface area (Å²) in [5.41, 5.74) is 2.23. The second-order valence-corrected chi connectivity index (χ2v) is 11.1. The number of sulfone groups is 1. The van der Waals surface area contributed by atoms with Crippen LogP contribution in [-0.4, -0.2) is 43.6 Å². The SMILES string of the molecule is Cc1ccc(C)c(S(=O)(=O)C2(C(=O)OCC(=O)N(C)Cc3cccc(Cl)c3)CCCC2)c1. The molecule has 0 aromatic heterocycles. The predicted octanol–water partition coefficient (Wildman–Crippen LogP) is 4.25. The van der Waals surface area contributed by atoms with Gasteiger partial charge in [-0.25, -0.2) is 8.42 Å².